The summed E-state index contributed by atoms with van der Waals surface area (Å²) in [7, 11) is 0. The Labute approximate surface area is 102 Å². The lowest BCUT2D eigenvalue weighted by molar-refractivity contribution is 0.0642. The molecule has 2 unspecified atom stereocenters. The van der Waals surface area contributed by atoms with Crippen molar-refractivity contribution in [3.8, 4) is 0 Å². The molecule has 96 valence electrons. The van der Waals surface area contributed by atoms with E-state index in [2.05, 4.69) is 51.8 Å². The van der Waals surface area contributed by atoms with Crippen LogP contribution in [0.4, 0.5) is 0 Å². The Morgan fingerprint density at radius 3 is 2.19 bits per heavy atom. The highest BCUT2D eigenvalue weighted by Gasteiger charge is 2.31. The van der Waals surface area contributed by atoms with Crippen molar-refractivity contribution in [2.75, 3.05) is 13.1 Å². The van der Waals surface area contributed by atoms with Gasteiger partial charge >= 0.3 is 0 Å². The topological polar surface area (TPSA) is 15.3 Å². The molecule has 1 aliphatic heterocycles. The zero-order valence-corrected chi connectivity index (χ0v) is 12.0. The third kappa shape index (κ3) is 3.74. The monoisotopic (exact) mass is 226 g/mol. The Bertz CT molecular complexity index is 199. The van der Waals surface area contributed by atoms with Crippen LogP contribution in [0.5, 0.6) is 0 Å². The first-order valence-corrected chi connectivity index (χ1v) is 6.91. The van der Waals surface area contributed by atoms with Crippen molar-refractivity contribution in [1.82, 2.24) is 10.2 Å². The molecule has 0 aliphatic carbocycles. The van der Waals surface area contributed by atoms with Gasteiger partial charge in [0.25, 0.3) is 0 Å². The molecular formula is C14H30N2. The molecule has 0 amide bonds. The summed E-state index contributed by atoms with van der Waals surface area (Å²) >= 11 is 0. The van der Waals surface area contributed by atoms with Crippen molar-refractivity contribution < 1.29 is 0 Å². The fourth-order valence-electron chi connectivity index (χ4n) is 2.80. The summed E-state index contributed by atoms with van der Waals surface area (Å²) in [6.45, 7) is 16.3. The van der Waals surface area contributed by atoms with Crippen LogP contribution in [0.1, 0.15) is 48.0 Å². The molecule has 1 aliphatic rings. The lowest BCUT2D eigenvalue weighted by Crippen LogP contribution is -2.60. The lowest BCUT2D eigenvalue weighted by Gasteiger charge is -2.45. The van der Waals surface area contributed by atoms with Crippen molar-refractivity contribution in [3.63, 3.8) is 0 Å². The summed E-state index contributed by atoms with van der Waals surface area (Å²) in [5.41, 5.74) is 0. The molecule has 0 radical (unpaired) electrons. The first kappa shape index (κ1) is 14.0. The van der Waals surface area contributed by atoms with Crippen LogP contribution in [-0.2, 0) is 0 Å². The molecule has 1 rings (SSSR count). The van der Waals surface area contributed by atoms with Crippen LogP contribution in [0.25, 0.3) is 0 Å². The van der Waals surface area contributed by atoms with Gasteiger partial charge in [-0.3, -0.25) is 4.90 Å². The zero-order valence-electron chi connectivity index (χ0n) is 12.0. The maximum Gasteiger partial charge on any atom is 0.0247 e. The van der Waals surface area contributed by atoms with Gasteiger partial charge in [-0.25, -0.2) is 0 Å². The van der Waals surface area contributed by atoms with Crippen molar-refractivity contribution in [2.24, 2.45) is 11.8 Å². The normalized spacial score (nSPS) is 28.3. The molecule has 1 saturated heterocycles. The van der Waals surface area contributed by atoms with Crippen LogP contribution in [0, 0.1) is 11.8 Å². The van der Waals surface area contributed by atoms with Gasteiger partial charge in [0.15, 0.2) is 0 Å². The minimum Gasteiger partial charge on any atom is -0.311 e. The first-order chi connectivity index (χ1) is 7.41. The fraction of sp³-hybridized carbons (Fsp3) is 1.00. The summed E-state index contributed by atoms with van der Waals surface area (Å²) in [5.74, 6) is 1.54. The lowest BCUT2D eigenvalue weighted by atomic mass is 9.94. The van der Waals surface area contributed by atoms with Crippen molar-refractivity contribution >= 4 is 0 Å². The molecule has 1 heterocycles. The number of hydrogen-bond acceptors (Lipinski definition) is 2. The number of nitrogens with one attached hydrogen (secondary N) is 1. The average Bonchev–Trinajstić information content (AvgIpc) is 2.16. The Morgan fingerprint density at radius 2 is 1.75 bits per heavy atom. The van der Waals surface area contributed by atoms with Crippen LogP contribution in [0.2, 0.25) is 0 Å². The Hall–Kier alpha value is -0.0800. The quantitative estimate of drug-likeness (QED) is 0.793. The van der Waals surface area contributed by atoms with Gasteiger partial charge in [-0.05, 0) is 32.1 Å². The van der Waals surface area contributed by atoms with Gasteiger partial charge in [0.1, 0.15) is 0 Å². The summed E-state index contributed by atoms with van der Waals surface area (Å²) in [5, 5.41) is 3.73. The average molecular weight is 226 g/mol. The molecule has 0 spiro atoms. The molecule has 1 N–H and O–H groups in total. The van der Waals surface area contributed by atoms with Crippen molar-refractivity contribution in [3.05, 3.63) is 0 Å². The number of hydrogen-bond donors (Lipinski definition) is 1. The first-order valence-electron chi connectivity index (χ1n) is 6.91. The Morgan fingerprint density at radius 1 is 1.12 bits per heavy atom. The highest BCUT2D eigenvalue weighted by molar-refractivity contribution is 4.89. The zero-order chi connectivity index (χ0) is 12.3. The van der Waals surface area contributed by atoms with Gasteiger partial charge in [0.05, 0.1) is 0 Å². The smallest absolute Gasteiger partial charge is 0.0247 e. The standard InChI is InChI=1S/C14H30N2/c1-10(2)7-13-9-16(12(5)6)14(8-15-13)11(3)4/h10-15H,7-9H2,1-6H3. The van der Waals surface area contributed by atoms with Gasteiger partial charge in [-0.1, -0.05) is 27.7 Å². The summed E-state index contributed by atoms with van der Waals surface area (Å²) in [6.07, 6.45) is 1.30. The van der Waals surface area contributed by atoms with Gasteiger partial charge in [-0.15, -0.1) is 0 Å². The van der Waals surface area contributed by atoms with Gasteiger partial charge in [-0.2, -0.15) is 0 Å². The second kappa shape index (κ2) is 6.02. The highest BCUT2D eigenvalue weighted by Crippen LogP contribution is 2.20. The van der Waals surface area contributed by atoms with Crippen LogP contribution in [0.3, 0.4) is 0 Å². The van der Waals surface area contributed by atoms with E-state index >= 15 is 0 Å². The second-order valence-corrected chi connectivity index (χ2v) is 6.34. The molecule has 0 saturated carbocycles. The van der Waals surface area contributed by atoms with Crippen LogP contribution >= 0.6 is 0 Å². The predicted molar refractivity (Wildman–Crippen MR) is 71.7 cm³/mol. The van der Waals surface area contributed by atoms with Crippen LogP contribution in [-0.4, -0.2) is 36.1 Å². The van der Waals surface area contributed by atoms with Gasteiger partial charge in [0.2, 0.25) is 0 Å². The number of rotatable bonds is 4. The van der Waals surface area contributed by atoms with E-state index in [-0.39, 0.29) is 0 Å². The number of nitrogens with zero attached hydrogens (tertiary/aromatic N) is 1. The molecule has 0 aromatic carbocycles. The van der Waals surface area contributed by atoms with E-state index in [4.69, 9.17) is 0 Å². The predicted octanol–water partition coefficient (Wildman–Crippen LogP) is 2.74. The largest absolute Gasteiger partial charge is 0.311 e. The second-order valence-electron chi connectivity index (χ2n) is 6.34. The minimum atomic E-state index is 0.671. The summed E-state index contributed by atoms with van der Waals surface area (Å²) < 4.78 is 0. The molecule has 16 heavy (non-hydrogen) atoms. The van der Waals surface area contributed by atoms with E-state index in [1.165, 1.54) is 13.0 Å². The summed E-state index contributed by atoms with van der Waals surface area (Å²) in [6, 6.07) is 2.07. The fourth-order valence-corrected chi connectivity index (χ4v) is 2.80. The molecule has 2 heteroatoms. The summed E-state index contributed by atoms with van der Waals surface area (Å²) in [4.78, 5) is 2.69. The van der Waals surface area contributed by atoms with Gasteiger partial charge in [0, 0.05) is 31.2 Å². The molecule has 1 fully saturated rings. The van der Waals surface area contributed by atoms with E-state index in [0.717, 1.165) is 18.4 Å². The molecule has 2 atom stereocenters. The van der Waals surface area contributed by atoms with E-state index in [0.29, 0.717) is 18.1 Å². The van der Waals surface area contributed by atoms with E-state index in [9.17, 15) is 0 Å². The third-order valence-electron chi connectivity index (χ3n) is 3.66. The molecule has 0 aromatic heterocycles. The molecule has 0 aromatic rings. The minimum absolute atomic E-state index is 0.671. The molecule has 2 nitrogen and oxygen atoms in total. The third-order valence-corrected chi connectivity index (χ3v) is 3.66. The Balaban J connectivity index is 2.58. The van der Waals surface area contributed by atoms with E-state index < -0.39 is 0 Å². The van der Waals surface area contributed by atoms with Crippen LogP contribution in [0.15, 0.2) is 0 Å². The van der Waals surface area contributed by atoms with Crippen molar-refractivity contribution in [1.29, 1.82) is 0 Å². The van der Waals surface area contributed by atoms with Crippen LogP contribution < -0.4 is 5.32 Å². The molecular weight excluding hydrogens is 196 g/mol. The maximum absolute atomic E-state index is 3.73. The number of piperazine rings is 1. The van der Waals surface area contributed by atoms with E-state index in [1.54, 1.807) is 0 Å². The maximum atomic E-state index is 3.73. The SMILES string of the molecule is CC(C)CC1CN(C(C)C)C(C(C)C)CN1. The highest BCUT2D eigenvalue weighted by atomic mass is 15.3. The van der Waals surface area contributed by atoms with Crippen molar-refractivity contribution in [2.45, 2.75) is 66.1 Å². The molecule has 0 bridgehead atoms. The Kier molecular flexibility index (Phi) is 5.26. The van der Waals surface area contributed by atoms with E-state index in [1.807, 2.05) is 0 Å². The van der Waals surface area contributed by atoms with Gasteiger partial charge < -0.3 is 5.32 Å².